The van der Waals surface area contributed by atoms with Crippen molar-refractivity contribution < 1.29 is 18.7 Å². The highest BCUT2D eigenvalue weighted by Gasteiger charge is 2.63. The lowest BCUT2D eigenvalue weighted by Gasteiger charge is -2.29. The third-order valence-electron chi connectivity index (χ3n) is 6.64. The molecule has 5 rings (SSSR count). The Balaban J connectivity index is 1.38. The zero-order valence-electron chi connectivity index (χ0n) is 16.2. The molecule has 4 heterocycles. The summed E-state index contributed by atoms with van der Waals surface area (Å²) in [5.41, 5.74) is 1.22. The predicted molar refractivity (Wildman–Crippen MR) is 102 cm³/mol. The van der Waals surface area contributed by atoms with E-state index in [0.29, 0.717) is 36.5 Å². The summed E-state index contributed by atoms with van der Waals surface area (Å²) in [5.74, 6) is -0.117. The second kappa shape index (κ2) is 6.66. The fourth-order valence-corrected chi connectivity index (χ4v) is 5.36. The Labute approximate surface area is 167 Å². The quantitative estimate of drug-likeness (QED) is 0.824. The molecule has 2 bridgehead atoms. The van der Waals surface area contributed by atoms with Gasteiger partial charge in [0.1, 0.15) is 5.82 Å². The molecule has 2 amide bonds. The number of H-pyrrole nitrogens is 1. The van der Waals surface area contributed by atoms with Crippen molar-refractivity contribution in [3.05, 3.63) is 41.8 Å². The van der Waals surface area contributed by atoms with Crippen molar-refractivity contribution in [1.82, 2.24) is 20.4 Å². The minimum atomic E-state index is -0.365. The van der Waals surface area contributed by atoms with E-state index in [1.54, 1.807) is 12.1 Å². The smallest absolute Gasteiger partial charge is 0.257 e. The van der Waals surface area contributed by atoms with Gasteiger partial charge in [-0.25, -0.2) is 4.39 Å². The third-order valence-corrected chi connectivity index (χ3v) is 6.64. The molecule has 1 aromatic heterocycles. The van der Waals surface area contributed by atoms with Gasteiger partial charge >= 0.3 is 0 Å². The van der Waals surface area contributed by atoms with Crippen molar-refractivity contribution in [3.63, 3.8) is 0 Å². The van der Waals surface area contributed by atoms with Crippen LogP contribution in [0.3, 0.4) is 0 Å². The van der Waals surface area contributed by atoms with Crippen LogP contribution in [0.1, 0.15) is 30.1 Å². The third kappa shape index (κ3) is 2.93. The molecule has 0 unspecified atom stereocenters. The van der Waals surface area contributed by atoms with Gasteiger partial charge in [0.05, 0.1) is 35.7 Å². The topological polar surface area (TPSA) is 87.3 Å². The number of aromatic amines is 1. The predicted octanol–water partition coefficient (Wildman–Crippen LogP) is 1.97. The van der Waals surface area contributed by atoms with E-state index in [4.69, 9.17) is 4.74 Å². The van der Waals surface area contributed by atoms with E-state index >= 15 is 0 Å². The molecule has 0 radical (unpaired) electrons. The summed E-state index contributed by atoms with van der Waals surface area (Å²) in [6.07, 6.45) is 3.55. The van der Waals surface area contributed by atoms with Crippen LogP contribution in [-0.2, 0) is 9.53 Å². The summed E-state index contributed by atoms with van der Waals surface area (Å²) in [6.45, 7) is 3.22. The highest BCUT2D eigenvalue weighted by Crippen LogP contribution is 2.54. The maximum absolute atomic E-state index is 13.6. The number of carbonyl (C=O) groups excluding carboxylic acids is 2. The number of hydrogen-bond acceptors (Lipinski definition) is 4. The number of nitrogens with zero attached hydrogens (tertiary/aromatic N) is 2. The maximum atomic E-state index is 13.6. The molecule has 2 aromatic rings. The number of nitrogens with one attached hydrogen (secondary N) is 2. The van der Waals surface area contributed by atoms with Crippen molar-refractivity contribution in [3.8, 4) is 11.3 Å². The molecular weight excluding hydrogens is 375 g/mol. The number of benzene rings is 1. The number of likely N-dealkylation sites (tertiary alicyclic amines) is 1. The van der Waals surface area contributed by atoms with Crippen molar-refractivity contribution in [1.29, 1.82) is 0 Å². The number of amides is 2. The number of carbonyl (C=O) groups is 2. The number of hydrogen-bond donors (Lipinski definition) is 2. The number of aromatic nitrogens is 2. The monoisotopic (exact) mass is 398 g/mol. The molecule has 8 heteroatoms. The Kier molecular flexibility index (Phi) is 4.20. The summed E-state index contributed by atoms with van der Waals surface area (Å²) < 4.78 is 20.0. The van der Waals surface area contributed by atoms with Crippen LogP contribution in [0.5, 0.6) is 0 Å². The molecule has 3 aliphatic heterocycles. The minimum Gasteiger partial charge on any atom is -0.369 e. The fourth-order valence-electron chi connectivity index (χ4n) is 5.36. The van der Waals surface area contributed by atoms with Crippen LogP contribution in [0.2, 0.25) is 0 Å². The van der Waals surface area contributed by atoms with E-state index in [-0.39, 0.29) is 41.2 Å². The molecular formula is C21H23FN4O3. The van der Waals surface area contributed by atoms with Crippen LogP contribution in [-0.4, -0.2) is 58.3 Å². The van der Waals surface area contributed by atoms with Crippen LogP contribution in [0.25, 0.3) is 11.3 Å². The normalized spacial score (nSPS) is 29.9. The van der Waals surface area contributed by atoms with Gasteiger partial charge in [-0.05, 0) is 25.0 Å². The average molecular weight is 398 g/mol. The molecule has 1 spiro atoms. The van der Waals surface area contributed by atoms with E-state index < -0.39 is 0 Å². The molecule has 7 nitrogen and oxygen atoms in total. The van der Waals surface area contributed by atoms with Crippen LogP contribution in [0, 0.1) is 17.7 Å². The van der Waals surface area contributed by atoms with Gasteiger partial charge in [0.15, 0.2) is 0 Å². The Morgan fingerprint density at radius 2 is 2.31 bits per heavy atom. The van der Waals surface area contributed by atoms with Crippen molar-refractivity contribution in [2.75, 3.05) is 19.6 Å². The minimum absolute atomic E-state index is 0.0501. The SMILES string of the molecule is CC(=O)NC[C@H]1[C@H]2CN(C(=O)c3cn[nH]c3-c3cccc(F)c3)C[C@]23CC[C@H]1O3. The van der Waals surface area contributed by atoms with Gasteiger partial charge in [-0.2, -0.15) is 5.10 Å². The Bertz CT molecular complexity index is 976. The van der Waals surface area contributed by atoms with Gasteiger partial charge in [0.25, 0.3) is 5.91 Å². The number of rotatable bonds is 4. The molecule has 0 saturated carbocycles. The average Bonchev–Trinajstić information content (AvgIpc) is 3.45. The lowest BCUT2D eigenvalue weighted by molar-refractivity contribution is -0.119. The van der Waals surface area contributed by atoms with Gasteiger partial charge in [-0.3, -0.25) is 14.7 Å². The van der Waals surface area contributed by atoms with Crippen LogP contribution >= 0.6 is 0 Å². The van der Waals surface area contributed by atoms with Crippen LogP contribution in [0.15, 0.2) is 30.5 Å². The summed E-state index contributed by atoms with van der Waals surface area (Å²) >= 11 is 0. The molecule has 3 aliphatic rings. The zero-order chi connectivity index (χ0) is 20.2. The molecule has 4 atom stereocenters. The van der Waals surface area contributed by atoms with E-state index in [9.17, 15) is 14.0 Å². The second-order valence-corrected chi connectivity index (χ2v) is 8.32. The van der Waals surface area contributed by atoms with Crippen molar-refractivity contribution >= 4 is 11.8 Å². The maximum Gasteiger partial charge on any atom is 0.257 e. The summed E-state index contributed by atoms with van der Waals surface area (Å²) in [5, 5.41) is 9.78. The fraction of sp³-hybridized carbons (Fsp3) is 0.476. The lowest BCUT2D eigenvalue weighted by Crippen LogP contribution is -2.41. The number of halogens is 1. The molecule has 3 saturated heterocycles. The standard InChI is InChI=1S/C21H23FN4O3/c1-12(27)23-8-15-17-10-26(11-21(17)6-5-18(15)29-21)20(28)16-9-24-25-19(16)13-3-2-4-14(22)7-13/h2-4,7,9,15,17-18H,5-6,8,10-11H2,1H3,(H,23,27)(H,24,25)/t15-,17+,18+,21+/m0/s1. The summed E-state index contributed by atoms with van der Waals surface area (Å²) in [4.78, 5) is 26.5. The molecule has 152 valence electrons. The first-order chi connectivity index (χ1) is 14.0. The molecule has 29 heavy (non-hydrogen) atoms. The molecule has 1 aromatic carbocycles. The van der Waals surface area contributed by atoms with Crippen molar-refractivity contribution in [2.45, 2.75) is 31.5 Å². The zero-order valence-corrected chi connectivity index (χ0v) is 16.2. The highest BCUT2D eigenvalue weighted by molar-refractivity contribution is 6.00. The van der Waals surface area contributed by atoms with E-state index in [1.807, 2.05) is 4.90 Å². The van der Waals surface area contributed by atoms with E-state index in [0.717, 1.165) is 12.8 Å². The summed E-state index contributed by atoms with van der Waals surface area (Å²) in [6, 6.07) is 6.11. The molecule has 2 N–H and O–H groups in total. The molecule has 0 aliphatic carbocycles. The van der Waals surface area contributed by atoms with Gasteiger partial charge in [0, 0.05) is 37.4 Å². The van der Waals surface area contributed by atoms with Gasteiger partial charge in [0.2, 0.25) is 5.91 Å². The second-order valence-electron chi connectivity index (χ2n) is 8.32. The number of ether oxygens (including phenoxy) is 1. The summed E-state index contributed by atoms with van der Waals surface area (Å²) in [7, 11) is 0. The lowest BCUT2D eigenvalue weighted by atomic mass is 9.73. The van der Waals surface area contributed by atoms with Gasteiger partial charge in [-0.15, -0.1) is 0 Å². The Morgan fingerprint density at radius 1 is 1.45 bits per heavy atom. The van der Waals surface area contributed by atoms with Gasteiger partial charge < -0.3 is 15.0 Å². The van der Waals surface area contributed by atoms with Crippen LogP contribution in [0.4, 0.5) is 4.39 Å². The first-order valence-corrected chi connectivity index (χ1v) is 9.98. The number of fused-ring (bicyclic) bond motifs is 1. The Hall–Kier alpha value is -2.74. The largest absolute Gasteiger partial charge is 0.369 e. The molecule has 3 fully saturated rings. The first kappa shape index (κ1) is 18.3. The van der Waals surface area contributed by atoms with Crippen LogP contribution < -0.4 is 5.32 Å². The van der Waals surface area contributed by atoms with E-state index in [2.05, 4.69) is 15.5 Å². The first-order valence-electron chi connectivity index (χ1n) is 9.98. The van der Waals surface area contributed by atoms with Crippen molar-refractivity contribution in [2.24, 2.45) is 11.8 Å². The van der Waals surface area contributed by atoms with Gasteiger partial charge in [-0.1, -0.05) is 12.1 Å². The highest BCUT2D eigenvalue weighted by atomic mass is 19.1. The Morgan fingerprint density at radius 3 is 3.10 bits per heavy atom. The van der Waals surface area contributed by atoms with E-state index in [1.165, 1.54) is 25.3 Å².